The summed E-state index contributed by atoms with van der Waals surface area (Å²) in [4.78, 5) is 55.5. The van der Waals surface area contributed by atoms with E-state index in [1.165, 1.54) is 47.8 Å². The number of thiazole rings is 1. The Morgan fingerprint density at radius 1 is 1.28 bits per heavy atom. The van der Waals surface area contributed by atoms with Crippen LogP contribution in [0, 0.1) is 10.1 Å². The molecule has 29 heavy (non-hydrogen) atoms. The Kier molecular flexibility index (Phi) is 4.23. The van der Waals surface area contributed by atoms with Gasteiger partial charge >= 0.3 is 5.69 Å². The fourth-order valence-electron chi connectivity index (χ4n) is 2.91. The van der Waals surface area contributed by atoms with Gasteiger partial charge in [-0.3, -0.25) is 28.8 Å². The van der Waals surface area contributed by atoms with Crippen LogP contribution >= 0.6 is 11.3 Å². The summed E-state index contributed by atoms with van der Waals surface area (Å²) in [5.74, 6) is -0.464. The number of fused-ring (bicyclic) bond motifs is 2. The molecule has 0 fully saturated rings. The lowest BCUT2D eigenvalue weighted by atomic mass is 10.3. The first-order valence-electron chi connectivity index (χ1n) is 8.22. The number of anilines is 1. The van der Waals surface area contributed by atoms with Crippen molar-refractivity contribution in [2.45, 2.75) is 6.54 Å². The maximum atomic E-state index is 12.4. The van der Waals surface area contributed by atoms with Gasteiger partial charge in [-0.15, -0.1) is 0 Å². The maximum Gasteiger partial charge on any atom is 0.332 e. The van der Waals surface area contributed by atoms with Gasteiger partial charge in [-0.25, -0.2) is 14.8 Å². The van der Waals surface area contributed by atoms with Crippen molar-refractivity contribution in [1.29, 1.82) is 0 Å². The molecule has 0 unspecified atom stereocenters. The van der Waals surface area contributed by atoms with Gasteiger partial charge < -0.3 is 9.88 Å². The van der Waals surface area contributed by atoms with E-state index < -0.39 is 22.1 Å². The topological polar surface area (TPSA) is 147 Å². The lowest BCUT2D eigenvalue weighted by Crippen LogP contribution is -2.37. The van der Waals surface area contributed by atoms with Crippen molar-refractivity contribution < 1.29 is 9.72 Å². The average Bonchev–Trinajstić information content (AvgIpc) is 3.27. The highest BCUT2D eigenvalue weighted by Gasteiger charge is 2.17. The number of hydrogen-bond donors (Lipinski definition) is 1. The number of amides is 1. The molecule has 3 aromatic heterocycles. The van der Waals surface area contributed by atoms with Crippen molar-refractivity contribution in [2.24, 2.45) is 14.1 Å². The third-order valence-corrected chi connectivity index (χ3v) is 5.29. The van der Waals surface area contributed by atoms with E-state index in [4.69, 9.17) is 0 Å². The summed E-state index contributed by atoms with van der Waals surface area (Å²) in [7, 11) is 2.84. The molecule has 4 rings (SSSR count). The van der Waals surface area contributed by atoms with Gasteiger partial charge in [-0.1, -0.05) is 11.3 Å². The first-order valence-corrected chi connectivity index (χ1v) is 9.03. The molecule has 13 heteroatoms. The van der Waals surface area contributed by atoms with E-state index in [1.807, 2.05) is 0 Å². The van der Waals surface area contributed by atoms with E-state index in [1.54, 1.807) is 0 Å². The third kappa shape index (κ3) is 3.06. The highest BCUT2D eigenvalue weighted by molar-refractivity contribution is 7.22. The number of benzene rings is 1. The second-order valence-corrected chi connectivity index (χ2v) is 7.26. The molecular weight excluding hydrogens is 402 g/mol. The molecule has 1 amide bonds. The number of nitrogens with zero attached hydrogens (tertiary/aromatic N) is 6. The van der Waals surface area contributed by atoms with Gasteiger partial charge in [0.25, 0.3) is 11.2 Å². The molecule has 0 bridgehead atoms. The van der Waals surface area contributed by atoms with Crippen molar-refractivity contribution in [3.63, 3.8) is 0 Å². The number of carbonyl (C=O) groups excluding carboxylic acids is 1. The van der Waals surface area contributed by atoms with Crippen LogP contribution in [0.4, 0.5) is 10.8 Å². The molecule has 3 heterocycles. The largest absolute Gasteiger partial charge is 0.332 e. The van der Waals surface area contributed by atoms with Gasteiger partial charge in [-0.05, 0) is 6.07 Å². The number of aryl methyl sites for hydroxylation is 1. The summed E-state index contributed by atoms with van der Waals surface area (Å²) in [6.07, 6.45) is 1.31. The van der Waals surface area contributed by atoms with Crippen LogP contribution in [0.2, 0.25) is 0 Å². The highest BCUT2D eigenvalue weighted by Crippen LogP contribution is 2.29. The molecule has 0 atom stereocenters. The predicted octanol–water partition coefficient (Wildman–Crippen LogP) is 0.590. The van der Waals surface area contributed by atoms with Crippen LogP contribution in [0.25, 0.3) is 21.4 Å². The number of nitro benzene ring substituents is 1. The molecule has 0 aliphatic carbocycles. The van der Waals surface area contributed by atoms with E-state index in [9.17, 15) is 24.5 Å². The van der Waals surface area contributed by atoms with E-state index in [-0.39, 0.29) is 28.5 Å². The molecule has 148 valence electrons. The van der Waals surface area contributed by atoms with E-state index >= 15 is 0 Å². The molecule has 1 aromatic carbocycles. The van der Waals surface area contributed by atoms with Gasteiger partial charge in [-0.2, -0.15) is 0 Å². The van der Waals surface area contributed by atoms with Gasteiger partial charge in [0.15, 0.2) is 16.3 Å². The lowest BCUT2D eigenvalue weighted by molar-refractivity contribution is -0.384. The average molecular weight is 415 g/mol. The summed E-state index contributed by atoms with van der Waals surface area (Å²) in [6.45, 7) is -0.222. The molecule has 0 saturated carbocycles. The summed E-state index contributed by atoms with van der Waals surface area (Å²) < 4.78 is 4.08. The lowest BCUT2D eigenvalue weighted by Gasteiger charge is -2.06. The molecule has 0 aliphatic rings. The highest BCUT2D eigenvalue weighted by atomic mass is 32.1. The van der Waals surface area contributed by atoms with Crippen LogP contribution in [-0.2, 0) is 25.4 Å². The number of nitro groups is 1. The second-order valence-electron chi connectivity index (χ2n) is 6.23. The van der Waals surface area contributed by atoms with Crippen molar-refractivity contribution >= 4 is 49.4 Å². The Bertz CT molecular complexity index is 1430. The monoisotopic (exact) mass is 415 g/mol. The zero-order valence-corrected chi connectivity index (χ0v) is 16.0. The Labute approximate surface area is 164 Å². The van der Waals surface area contributed by atoms with Crippen molar-refractivity contribution in [3.8, 4) is 0 Å². The van der Waals surface area contributed by atoms with Crippen LogP contribution in [-0.4, -0.2) is 34.5 Å². The molecule has 0 spiro atoms. The van der Waals surface area contributed by atoms with Crippen LogP contribution in [0.1, 0.15) is 0 Å². The Morgan fingerprint density at radius 2 is 2.03 bits per heavy atom. The molecule has 0 aliphatic heterocycles. The standard InChI is InChI=1S/C16H13N7O5S/c1-20-13-12(14(25)21(2)16(20)26)22(7-17-13)6-11(24)19-15-18-9-4-3-8(23(27)28)5-10(9)29-15/h3-5,7H,6H2,1-2H3,(H,18,19,24). The molecule has 12 nitrogen and oxygen atoms in total. The summed E-state index contributed by atoms with van der Waals surface area (Å²) in [5, 5.41) is 13.8. The minimum absolute atomic E-state index is 0.0645. The zero-order valence-electron chi connectivity index (χ0n) is 15.1. The van der Waals surface area contributed by atoms with Gasteiger partial charge in [0, 0.05) is 26.2 Å². The molecule has 0 saturated heterocycles. The molecule has 4 aromatic rings. The van der Waals surface area contributed by atoms with Crippen molar-refractivity contribution in [2.75, 3.05) is 5.32 Å². The zero-order chi connectivity index (χ0) is 20.9. The minimum Gasteiger partial charge on any atom is -0.315 e. The molecular formula is C16H13N7O5S. The van der Waals surface area contributed by atoms with Gasteiger partial charge in [0.05, 0.1) is 21.5 Å². The number of carbonyl (C=O) groups is 1. The van der Waals surface area contributed by atoms with Crippen molar-refractivity contribution in [3.05, 3.63) is 55.5 Å². The van der Waals surface area contributed by atoms with Gasteiger partial charge in [0.2, 0.25) is 5.91 Å². The minimum atomic E-state index is -0.555. The quantitative estimate of drug-likeness (QED) is 0.379. The summed E-state index contributed by atoms with van der Waals surface area (Å²) in [5.41, 5.74) is -0.303. The number of imidazole rings is 1. The molecule has 1 N–H and O–H groups in total. The fourth-order valence-corrected chi connectivity index (χ4v) is 3.83. The number of hydrogen-bond acceptors (Lipinski definition) is 8. The Hall–Kier alpha value is -3.87. The van der Waals surface area contributed by atoms with E-state index in [0.29, 0.717) is 10.2 Å². The van der Waals surface area contributed by atoms with Crippen LogP contribution in [0.5, 0.6) is 0 Å². The normalized spacial score (nSPS) is 11.2. The van der Waals surface area contributed by atoms with E-state index in [0.717, 1.165) is 15.9 Å². The SMILES string of the molecule is Cn1c(=O)c2c(ncn2CC(=O)Nc2nc3ccc([N+](=O)[O-])cc3s2)n(C)c1=O. The third-order valence-electron chi connectivity index (χ3n) is 4.36. The Morgan fingerprint density at radius 3 is 2.76 bits per heavy atom. The molecule has 0 radical (unpaired) electrons. The number of aromatic nitrogens is 5. The Balaban J connectivity index is 1.62. The fraction of sp³-hybridized carbons (Fsp3) is 0.188. The van der Waals surface area contributed by atoms with E-state index in [2.05, 4.69) is 15.3 Å². The van der Waals surface area contributed by atoms with Crippen LogP contribution in [0.3, 0.4) is 0 Å². The summed E-state index contributed by atoms with van der Waals surface area (Å²) in [6, 6.07) is 4.23. The number of non-ortho nitro benzene ring substituents is 1. The summed E-state index contributed by atoms with van der Waals surface area (Å²) >= 11 is 1.10. The predicted molar refractivity (Wildman–Crippen MR) is 105 cm³/mol. The first-order chi connectivity index (χ1) is 13.8. The first kappa shape index (κ1) is 18.5. The van der Waals surface area contributed by atoms with Crippen LogP contribution < -0.4 is 16.6 Å². The van der Waals surface area contributed by atoms with Gasteiger partial charge in [0.1, 0.15) is 6.54 Å². The smallest absolute Gasteiger partial charge is 0.315 e. The van der Waals surface area contributed by atoms with Crippen LogP contribution in [0.15, 0.2) is 34.1 Å². The second kappa shape index (κ2) is 6.63. The van der Waals surface area contributed by atoms with Crippen molar-refractivity contribution in [1.82, 2.24) is 23.7 Å². The number of nitrogens with one attached hydrogen (secondary N) is 1. The number of rotatable bonds is 4. The maximum absolute atomic E-state index is 12.4.